The zero-order valence-electron chi connectivity index (χ0n) is 16.5. The molecule has 1 amide bonds. The average molecular weight is 387 g/mol. The van der Waals surface area contributed by atoms with Gasteiger partial charge in [-0.25, -0.2) is 9.07 Å². The van der Waals surface area contributed by atoms with E-state index in [2.05, 4.69) is 29.0 Å². The second-order valence-electron chi connectivity index (χ2n) is 8.03. The molecule has 0 saturated heterocycles. The predicted octanol–water partition coefficient (Wildman–Crippen LogP) is 3.48. The summed E-state index contributed by atoms with van der Waals surface area (Å²) in [4.78, 5) is 23.6. The Morgan fingerprint density at radius 1 is 1.36 bits per heavy atom. The SMILES string of the molecule is COC(=O)CCCC(=O)NC1CC(C)(C)Cc2c1cnn2-c1cccc(F)c1. The van der Waals surface area contributed by atoms with Crippen LogP contribution in [0.1, 0.15) is 56.8 Å². The number of methoxy groups -OCH3 is 1. The fraction of sp³-hybridized carbons (Fsp3) is 0.476. The molecule has 1 aliphatic carbocycles. The van der Waals surface area contributed by atoms with Crippen molar-refractivity contribution in [2.24, 2.45) is 5.41 Å². The Hall–Kier alpha value is -2.70. The molecule has 0 saturated carbocycles. The smallest absolute Gasteiger partial charge is 0.305 e. The van der Waals surface area contributed by atoms with Gasteiger partial charge in [0.25, 0.3) is 0 Å². The molecule has 1 aromatic heterocycles. The first-order chi connectivity index (χ1) is 13.3. The molecule has 150 valence electrons. The number of nitrogens with zero attached hydrogens (tertiary/aromatic N) is 2. The van der Waals surface area contributed by atoms with Gasteiger partial charge < -0.3 is 10.1 Å². The number of carbonyl (C=O) groups excluding carboxylic acids is 2. The number of carbonyl (C=O) groups is 2. The van der Waals surface area contributed by atoms with Gasteiger partial charge in [0, 0.05) is 18.4 Å². The van der Waals surface area contributed by atoms with Crippen LogP contribution < -0.4 is 5.32 Å². The summed E-state index contributed by atoms with van der Waals surface area (Å²) < 4.78 is 20.0. The molecule has 2 aromatic rings. The first-order valence-corrected chi connectivity index (χ1v) is 9.48. The number of hydrogen-bond donors (Lipinski definition) is 1. The fourth-order valence-corrected chi connectivity index (χ4v) is 3.76. The minimum Gasteiger partial charge on any atom is -0.469 e. The number of benzene rings is 1. The number of esters is 1. The molecule has 0 radical (unpaired) electrons. The van der Waals surface area contributed by atoms with E-state index in [9.17, 15) is 14.0 Å². The van der Waals surface area contributed by atoms with Crippen molar-refractivity contribution >= 4 is 11.9 Å². The van der Waals surface area contributed by atoms with E-state index in [-0.39, 0.29) is 42.0 Å². The fourth-order valence-electron chi connectivity index (χ4n) is 3.76. The molecule has 1 heterocycles. The quantitative estimate of drug-likeness (QED) is 0.770. The Morgan fingerprint density at radius 2 is 2.14 bits per heavy atom. The van der Waals surface area contributed by atoms with E-state index < -0.39 is 0 Å². The Labute approximate surface area is 164 Å². The number of halogens is 1. The van der Waals surface area contributed by atoms with Crippen molar-refractivity contribution in [2.75, 3.05) is 7.11 Å². The highest BCUT2D eigenvalue weighted by molar-refractivity contribution is 5.77. The lowest BCUT2D eigenvalue weighted by atomic mass is 9.74. The largest absolute Gasteiger partial charge is 0.469 e. The Bertz CT molecular complexity index is 876. The van der Waals surface area contributed by atoms with E-state index in [0.29, 0.717) is 12.1 Å². The average Bonchev–Trinajstić information content (AvgIpc) is 3.04. The van der Waals surface area contributed by atoms with Gasteiger partial charge in [0.1, 0.15) is 5.82 Å². The van der Waals surface area contributed by atoms with Gasteiger partial charge in [-0.3, -0.25) is 9.59 Å². The van der Waals surface area contributed by atoms with Gasteiger partial charge in [-0.1, -0.05) is 19.9 Å². The van der Waals surface area contributed by atoms with E-state index in [1.165, 1.54) is 19.2 Å². The number of nitrogens with one attached hydrogen (secondary N) is 1. The van der Waals surface area contributed by atoms with Crippen molar-refractivity contribution in [3.05, 3.63) is 47.5 Å². The van der Waals surface area contributed by atoms with E-state index >= 15 is 0 Å². The van der Waals surface area contributed by atoms with Gasteiger partial charge in [0.2, 0.25) is 5.91 Å². The monoisotopic (exact) mass is 387 g/mol. The molecule has 0 spiro atoms. The lowest BCUT2D eigenvalue weighted by molar-refractivity contribution is -0.140. The van der Waals surface area contributed by atoms with Crippen molar-refractivity contribution in [1.82, 2.24) is 15.1 Å². The molecular formula is C21H26FN3O3. The van der Waals surface area contributed by atoms with Gasteiger partial charge in [-0.15, -0.1) is 0 Å². The van der Waals surface area contributed by atoms with Crippen LogP contribution in [-0.2, 0) is 20.7 Å². The first-order valence-electron chi connectivity index (χ1n) is 9.48. The molecule has 28 heavy (non-hydrogen) atoms. The maximum Gasteiger partial charge on any atom is 0.305 e. The van der Waals surface area contributed by atoms with Crippen LogP contribution >= 0.6 is 0 Å². The highest BCUT2D eigenvalue weighted by atomic mass is 19.1. The molecule has 0 bridgehead atoms. The number of aromatic nitrogens is 2. The van der Waals surface area contributed by atoms with Gasteiger partial charge in [0.05, 0.1) is 30.7 Å². The first kappa shape index (κ1) is 20.0. The summed E-state index contributed by atoms with van der Waals surface area (Å²) in [6.07, 6.45) is 4.27. The third-order valence-corrected chi connectivity index (χ3v) is 5.08. The Balaban J connectivity index is 1.78. The van der Waals surface area contributed by atoms with Crippen LogP contribution in [-0.4, -0.2) is 28.8 Å². The van der Waals surface area contributed by atoms with E-state index in [1.807, 2.05) is 6.07 Å². The third kappa shape index (κ3) is 4.58. The van der Waals surface area contributed by atoms with E-state index in [4.69, 9.17) is 0 Å². The highest BCUT2D eigenvalue weighted by Gasteiger charge is 2.36. The lowest BCUT2D eigenvalue weighted by Crippen LogP contribution is -2.36. The summed E-state index contributed by atoms with van der Waals surface area (Å²) in [5.41, 5.74) is 2.58. The minimum absolute atomic E-state index is 0.0396. The molecule has 0 aliphatic heterocycles. The van der Waals surface area contributed by atoms with Crippen molar-refractivity contribution < 1.29 is 18.7 Å². The van der Waals surface area contributed by atoms with Gasteiger partial charge in [-0.2, -0.15) is 5.10 Å². The van der Waals surface area contributed by atoms with Crippen LogP contribution in [0.4, 0.5) is 4.39 Å². The lowest BCUT2D eigenvalue weighted by Gasteiger charge is -2.36. The van der Waals surface area contributed by atoms with Crippen molar-refractivity contribution in [1.29, 1.82) is 0 Å². The molecule has 1 aliphatic rings. The second-order valence-corrected chi connectivity index (χ2v) is 8.03. The second kappa shape index (κ2) is 8.12. The molecule has 1 unspecified atom stereocenters. The molecule has 7 heteroatoms. The molecule has 6 nitrogen and oxygen atoms in total. The molecule has 1 atom stereocenters. The standard InChI is InChI=1S/C21H26FN3O3/c1-21(2)11-17(24-19(26)8-5-9-20(27)28-3)16-13-23-25(18(16)12-21)15-7-4-6-14(22)10-15/h4,6-7,10,13,17H,5,8-9,11-12H2,1-3H3,(H,24,26). The van der Waals surface area contributed by atoms with Gasteiger partial charge in [-0.05, 0) is 42.9 Å². The number of ether oxygens (including phenoxy) is 1. The summed E-state index contributed by atoms with van der Waals surface area (Å²) in [5.74, 6) is -0.728. The molecule has 1 aromatic carbocycles. The third-order valence-electron chi connectivity index (χ3n) is 5.08. The van der Waals surface area contributed by atoms with Gasteiger partial charge >= 0.3 is 5.97 Å². The minimum atomic E-state index is -0.315. The van der Waals surface area contributed by atoms with Crippen LogP contribution in [0, 0.1) is 11.2 Å². The Kier molecular flexibility index (Phi) is 5.82. The Morgan fingerprint density at radius 3 is 2.86 bits per heavy atom. The summed E-state index contributed by atoms with van der Waals surface area (Å²) in [6.45, 7) is 4.30. The molecular weight excluding hydrogens is 361 g/mol. The molecule has 0 fully saturated rings. The van der Waals surface area contributed by atoms with E-state index in [1.54, 1.807) is 16.9 Å². The van der Waals surface area contributed by atoms with Crippen molar-refractivity contribution in [3.63, 3.8) is 0 Å². The maximum atomic E-state index is 13.7. The van der Waals surface area contributed by atoms with Gasteiger partial charge in [0.15, 0.2) is 0 Å². The highest BCUT2D eigenvalue weighted by Crippen LogP contribution is 2.41. The number of hydrogen-bond acceptors (Lipinski definition) is 4. The number of amides is 1. The topological polar surface area (TPSA) is 73.2 Å². The summed E-state index contributed by atoms with van der Waals surface area (Å²) >= 11 is 0. The summed E-state index contributed by atoms with van der Waals surface area (Å²) in [5, 5.41) is 7.55. The molecule has 3 rings (SSSR count). The normalized spacial score (nSPS) is 17.6. The van der Waals surface area contributed by atoms with Crippen molar-refractivity contribution in [2.45, 2.75) is 52.0 Å². The van der Waals surface area contributed by atoms with Crippen LogP contribution in [0.3, 0.4) is 0 Å². The summed E-state index contributed by atoms with van der Waals surface area (Å²) in [6, 6.07) is 6.17. The maximum absolute atomic E-state index is 13.7. The van der Waals surface area contributed by atoms with Crippen molar-refractivity contribution in [3.8, 4) is 5.69 Å². The molecule has 1 N–H and O–H groups in total. The van der Waals surface area contributed by atoms with Crippen LogP contribution in [0.5, 0.6) is 0 Å². The zero-order chi connectivity index (χ0) is 20.3. The number of rotatable bonds is 6. The summed E-state index contributed by atoms with van der Waals surface area (Å²) in [7, 11) is 1.34. The van der Waals surface area contributed by atoms with E-state index in [0.717, 1.165) is 24.1 Å². The number of fused-ring (bicyclic) bond motifs is 1. The van der Waals surface area contributed by atoms with Crippen LogP contribution in [0.2, 0.25) is 0 Å². The zero-order valence-corrected chi connectivity index (χ0v) is 16.5. The predicted molar refractivity (Wildman–Crippen MR) is 102 cm³/mol. The van der Waals surface area contributed by atoms with Crippen LogP contribution in [0.25, 0.3) is 5.69 Å². The van der Waals surface area contributed by atoms with Crippen LogP contribution in [0.15, 0.2) is 30.5 Å².